The van der Waals surface area contributed by atoms with E-state index >= 15 is 0 Å². The number of hydrogen-bond donors (Lipinski definition) is 2. The Morgan fingerprint density at radius 3 is 0.603 bits per heavy atom. The summed E-state index contributed by atoms with van der Waals surface area (Å²) >= 11 is 0. The quantitative estimate of drug-likeness (QED) is 0.0320. The van der Waals surface area contributed by atoms with E-state index in [4.69, 9.17) is 37.9 Å². The Morgan fingerprint density at radius 2 is 0.405 bits per heavy atom. The Bertz CT molecular complexity index is 5570. The van der Waals surface area contributed by atoms with Crippen LogP contribution in [0.1, 0.15) is 145 Å². The van der Waals surface area contributed by atoms with Crippen LogP contribution >= 0.6 is 0 Å². The van der Waals surface area contributed by atoms with E-state index in [-0.39, 0.29) is 74.4 Å². The van der Waals surface area contributed by atoms with Gasteiger partial charge in [0.2, 0.25) is 0 Å². The number of esters is 4. The molecule has 0 saturated carbocycles. The van der Waals surface area contributed by atoms with E-state index in [1.54, 1.807) is 72.8 Å². The molecule has 14 aromatic rings. The maximum Gasteiger partial charge on any atom is 0.314 e. The van der Waals surface area contributed by atoms with Gasteiger partial charge in [0.15, 0.2) is 0 Å². The Morgan fingerprint density at radius 1 is 0.231 bits per heavy atom. The fraction of sp³-hybridized carbons (Fsp3) is 0.178. The van der Waals surface area contributed by atoms with E-state index in [9.17, 15) is 29.4 Å². The lowest BCUT2D eigenvalue weighted by molar-refractivity contribution is -0.135. The molecule has 14 aromatic carbocycles. The highest BCUT2D eigenvalue weighted by Gasteiger charge is 2.48. The summed E-state index contributed by atoms with van der Waals surface area (Å²) in [7, 11) is 0. The van der Waals surface area contributed by atoms with Crippen LogP contribution in [0.15, 0.2) is 340 Å². The predicted molar refractivity (Wildman–Crippen MR) is 469 cm³/mol. The van der Waals surface area contributed by atoms with Crippen LogP contribution in [-0.4, -0.2) is 60.5 Å². The molecule has 0 saturated heterocycles. The molecule has 0 aromatic heterocycles. The van der Waals surface area contributed by atoms with Crippen molar-refractivity contribution in [2.45, 2.75) is 94.3 Å². The first-order valence-corrected chi connectivity index (χ1v) is 40.8. The number of carbonyl (C=O) groups is 4. The van der Waals surface area contributed by atoms with E-state index in [0.29, 0.717) is 46.0 Å². The lowest BCUT2D eigenvalue weighted by Crippen LogP contribution is -2.28. The molecule has 0 bridgehead atoms. The van der Waals surface area contributed by atoms with Crippen LogP contribution in [0.5, 0.6) is 57.5 Å². The van der Waals surface area contributed by atoms with Crippen LogP contribution in [0.25, 0.3) is 22.3 Å². The number of ether oxygens (including phenoxy) is 8. The van der Waals surface area contributed by atoms with Crippen LogP contribution in [-0.2, 0) is 46.3 Å². The molecule has 0 spiro atoms. The Hall–Kier alpha value is -14.2. The van der Waals surface area contributed by atoms with Crippen LogP contribution in [0.2, 0.25) is 0 Å². The maximum atomic E-state index is 13.3. The molecule has 2 N–H and O–H groups in total. The van der Waals surface area contributed by atoms with Crippen molar-refractivity contribution in [1.82, 2.24) is 0 Å². The van der Waals surface area contributed by atoms with Gasteiger partial charge < -0.3 is 48.1 Å². The smallest absolute Gasteiger partial charge is 0.314 e. The third-order valence-electron chi connectivity index (χ3n) is 23.8. The zero-order valence-corrected chi connectivity index (χ0v) is 68.3. The van der Waals surface area contributed by atoms with Gasteiger partial charge in [-0.05, 0) is 221 Å². The summed E-state index contributed by atoms with van der Waals surface area (Å²) < 4.78 is 47.7. The summed E-state index contributed by atoms with van der Waals surface area (Å²) in [6.45, 7) is 13.1. The average Bonchev–Trinajstić information content (AvgIpc) is 1.55. The fourth-order valence-electron chi connectivity index (χ4n) is 17.0. The molecule has 0 aliphatic heterocycles. The van der Waals surface area contributed by atoms with Gasteiger partial charge in [-0.3, -0.25) is 19.2 Å². The minimum absolute atomic E-state index is 0.0163. The molecule has 14 heteroatoms. The molecule has 604 valence electrons. The second-order valence-electron chi connectivity index (χ2n) is 32.1. The highest BCUT2D eigenvalue weighted by atomic mass is 16.6. The second kappa shape index (κ2) is 34.4. The van der Waals surface area contributed by atoms with E-state index in [1.807, 2.05) is 121 Å². The van der Waals surface area contributed by atoms with Gasteiger partial charge in [0.05, 0.1) is 62.9 Å². The average molecular weight is 1600 g/mol. The number of phenols is 2. The summed E-state index contributed by atoms with van der Waals surface area (Å²) in [4.78, 5) is 52.7. The van der Waals surface area contributed by atoms with Gasteiger partial charge >= 0.3 is 23.9 Å². The topological polar surface area (TPSA) is 183 Å². The van der Waals surface area contributed by atoms with E-state index in [1.165, 1.54) is 0 Å². The van der Waals surface area contributed by atoms with Crippen LogP contribution in [0.3, 0.4) is 0 Å². The van der Waals surface area contributed by atoms with Crippen molar-refractivity contribution in [1.29, 1.82) is 0 Å². The zero-order valence-electron chi connectivity index (χ0n) is 68.3. The van der Waals surface area contributed by atoms with Gasteiger partial charge in [-0.1, -0.05) is 260 Å². The lowest BCUT2D eigenvalue weighted by atomic mass is 9.68. The molecule has 0 unspecified atom stereocenters. The largest absolute Gasteiger partial charge is 0.508 e. The van der Waals surface area contributed by atoms with E-state index in [2.05, 4.69) is 187 Å². The predicted octanol–water partition coefficient (Wildman–Crippen LogP) is 22.3. The summed E-state index contributed by atoms with van der Waals surface area (Å²) in [6, 6.07) is 110. The number of hydrogen-bond acceptors (Lipinski definition) is 14. The number of aromatic hydroxyl groups is 2. The third kappa shape index (κ3) is 16.6. The van der Waals surface area contributed by atoms with E-state index in [0.717, 1.165) is 100 Å². The van der Waals surface area contributed by atoms with Gasteiger partial charge in [-0.25, -0.2) is 0 Å². The molecule has 121 heavy (non-hydrogen) atoms. The standard InChI is InChI=1S/C107H92O14/c1-103(2,71-23-43-81(108)44-24-71)73-27-55-87(56-28-73)118-99(110)63-67-114-83-47-35-77(36-48-83)106(95-19-11-7-15-91(95)92-16-8-12-20-96(92)106)79-39-51-85(52-40-79)116-69-65-101(112)120-89-59-31-75(32-60-89)105(5,6)76-33-61-90(62-34-76)121-102(113)66-70-117-86-53-41-80(42-54-86)107(97-21-13-9-17-93(97)94-18-10-14-22-98(94)107)78-37-49-84(50-38-78)115-68-64-100(111)119-88-57-29-74(30-58-88)104(3,4)72-25-45-82(109)46-26-72/h7-62,108-109H,63-70H2,1-6H3. The lowest BCUT2D eigenvalue weighted by Gasteiger charge is -2.34. The molecule has 0 fully saturated rings. The van der Waals surface area contributed by atoms with Crippen molar-refractivity contribution in [2.75, 3.05) is 26.4 Å². The second-order valence-corrected chi connectivity index (χ2v) is 32.1. The summed E-state index contributed by atoms with van der Waals surface area (Å²) in [5.41, 5.74) is 16.9. The monoisotopic (exact) mass is 1600 g/mol. The minimum Gasteiger partial charge on any atom is -0.508 e. The molecule has 0 heterocycles. The number of fused-ring (bicyclic) bond motifs is 6. The summed E-state index contributed by atoms with van der Waals surface area (Å²) in [5, 5.41) is 19.6. The fourth-order valence-corrected chi connectivity index (χ4v) is 17.0. The molecular weight excluding hydrogens is 1510 g/mol. The molecule has 2 aliphatic rings. The van der Waals surface area contributed by atoms with Gasteiger partial charge in [0, 0.05) is 16.2 Å². The summed E-state index contributed by atoms with van der Waals surface area (Å²) in [6.07, 6.45) is 0.128. The van der Waals surface area contributed by atoms with Crippen molar-refractivity contribution in [2.24, 2.45) is 0 Å². The highest BCUT2D eigenvalue weighted by molar-refractivity contribution is 5.88. The van der Waals surface area contributed by atoms with Gasteiger partial charge in [-0.2, -0.15) is 0 Å². The number of phenolic OH excluding ortho intramolecular Hbond substituents is 2. The minimum atomic E-state index is -0.695. The molecule has 0 atom stereocenters. The van der Waals surface area contributed by atoms with Crippen LogP contribution < -0.4 is 37.9 Å². The molecule has 16 rings (SSSR count). The number of carbonyl (C=O) groups excluding carboxylic acids is 4. The van der Waals surface area contributed by atoms with Crippen molar-refractivity contribution in [3.63, 3.8) is 0 Å². The van der Waals surface area contributed by atoms with Crippen LogP contribution in [0, 0.1) is 0 Å². The van der Waals surface area contributed by atoms with E-state index < -0.39 is 40.1 Å². The molecule has 0 radical (unpaired) electrons. The van der Waals surface area contributed by atoms with Crippen LogP contribution in [0.4, 0.5) is 0 Å². The van der Waals surface area contributed by atoms with Crippen molar-refractivity contribution in [3.05, 3.63) is 418 Å². The first kappa shape index (κ1) is 80.5. The van der Waals surface area contributed by atoms with Crippen molar-refractivity contribution >= 4 is 23.9 Å². The normalized spacial score (nSPS) is 12.8. The SMILES string of the molecule is CC(C)(c1ccc(O)cc1)c1ccc(OC(=O)CCOc2ccc(C3(c4ccc(OCCC(=O)Oc5ccc(C(C)(C)c6ccc(OC(=O)CCOc7ccc(C8(c9ccc(OCCC(=O)Oc%10ccc(C(C)(C)c%11ccc(O)cc%11)cc%10)cc9)c9ccccc9-c9ccccc98)cc7)cc6)cc5)cc4)c4ccccc4-c4ccccc43)cc2)cc1. The Balaban J connectivity index is 0.491. The summed E-state index contributed by atoms with van der Waals surface area (Å²) in [5.74, 6) is 2.92. The zero-order chi connectivity index (χ0) is 83.9. The van der Waals surface area contributed by atoms with Crippen molar-refractivity contribution < 1.29 is 67.3 Å². The molecule has 0 amide bonds. The molecular formula is C107H92O14. The molecule has 14 nitrogen and oxygen atoms in total. The first-order chi connectivity index (χ1) is 58.6. The Labute approximate surface area is 705 Å². The van der Waals surface area contributed by atoms with Gasteiger partial charge in [0.1, 0.15) is 57.5 Å². The Kier molecular flexibility index (Phi) is 22.9. The third-order valence-corrected chi connectivity index (χ3v) is 23.8. The van der Waals surface area contributed by atoms with Gasteiger partial charge in [0.25, 0.3) is 0 Å². The number of benzene rings is 14. The first-order valence-electron chi connectivity index (χ1n) is 40.8. The highest BCUT2D eigenvalue weighted by Crippen LogP contribution is 2.58. The number of rotatable bonds is 30. The molecule has 2 aliphatic carbocycles. The van der Waals surface area contributed by atoms with Crippen molar-refractivity contribution in [3.8, 4) is 79.7 Å². The maximum absolute atomic E-state index is 13.3. The van der Waals surface area contributed by atoms with Gasteiger partial charge in [-0.15, -0.1) is 0 Å².